The Morgan fingerprint density at radius 3 is 2.72 bits per heavy atom. The molecule has 1 saturated heterocycles. The Morgan fingerprint density at radius 1 is 1.20 bits per heavy atom. The highest BCUT2D eigenvalue weighted by Gasteiger charge is 2.26. The SMILES string of the molecule is CC(c1ccccc1)N1CCC(Nc2cccc(NC(=O)CO)c2)C1. The van der Waals surface area contributed by atoms with Gasteiger partial charge in [0.25, 0.3) is 0 Å². The van der Waals surface area contributed by atoms with E-state index in [1.165, 1.54) is 5.56 Å². The van der Waals surface area contributed by atoms with Crippen LogP contribution in [0.3, 0.4) is 0 Å². The summed E-state index contributed by atoms with van der Waals surface area (Å²) in [5, 5.41) is 15.1. The molecule has 3 rings (SSSR count). The highest BCUT2D eigenvalue weighted by atomic mass is 16.3. The van der Waals surface area contributed by atoms with Crippen molar-refractivity contribution in [1.82, 2.24) is 4.90 Å². The van der Waals surface area contributed by atoms with Crippen molar-refractivity contribution in [2.75, 3.05) is 30.3 Å². The van der Waals surface area contributed by atoms with Gasteiger partial charge in [-0.3, -0.25) is 9.69 Å². The van der Waals surface area contributed by atoms with Crippen LogP contribution in [0, 0.1) is 0 Å². The fourth-order valence-corrected chi connectivity index (χ4v) is 3.32. The Morgan fingerprint density at radius 2 is 1.96 bits per heavy atom. The van der Waals surface area contributed by atoms with Gasteiger partial charge < -0.3 is 15.7 Å². The largest absolute Gasteiger partial charge is 0.387 e. The topological polar surface area (TPSA) is 64.6 Å². The van der Waals surface area contributed by atoms with Gasteiger partial charge in [-0.15, -0.1) is 0 Å². The number of aliphatic hydroxyl groups is 1. The van der Waals surface area contributed by atoms with Crippen LogP contribution in [0.2, 0.25) is 0 Å². The zero-order valence-electron chi connectivity index (χ0n) is 14.5. The van der Waals surface area contributed by atoms with E-state index in [9.17, 15) is 4.79 Å². The van der Waals surface area contributed by atoms with E-state index in [-0.39, 0.29) is 0 Å². The fraction of sp³-hybridized carbons (Fsp3) is 0.350. The first-order valence-corrected chi connectivity index (χ1v) is 8.72. The minimum Gasteiger partial charge on any atom is -0.387 e. The molecule has 132 valence electrons. The first-order chi connectivity index (χ1) is 12.2. The number of carbonyl (C=O) groups excluding carboxylic acids is 1. The lowest BCUT2D eigenvalue weighted by Gasteiger charge is -2.25. The fourth-order valence-electron chi connectivity index (χ4n) is 3.32. The first-order valence-electron chi connectivity index (χ1n) is 8.72. The molecule has 5 heteroatoms. The molecule has 1 amide bonds. The van der Waals surface area contributed by atoms with E-state index in [0.717, 1.165) is 25.2 Å². The van der Waals surface area contributed by atoms with Gasteiger partial charge in [0.05, 0.1) is 0 Å². The van der Waals surface area contributed by atoms with Gasteiger partial charge in [0, 0.05) is 36.5 Å². The van der Waals surface area contributed by atoms with E-state index in [1.807, 2.05) is 30.3 Å². The highest BCUT2D eigenvalue weighted by molar-refractivity contribution is 5.91. The smallest absolute Gasteiger partial charge is 0.250 e. The molecule has 1 heterocycles. The molecule has 1 aliphatic heterocycles. The minimum atomic E-state index is -0.507. The van der Waals surface area contributed by atoms with Crippen molar-refractivity contribution in [3.63, 3.8) is 0 Å². The number of carbonyl (C=O) groups is 1. The van der Waals surface area contributed by atoms with Gasteiger partial charge in [-0.25, -0.2) is 0 Å². The number of rotatable bonds is 6. The summed E-state index contributed by atoms with van der Waals surface area (Å²) < 4.78 is 0. The number of hydrogen-bond acceptors (Lipinski definition) is 4. The molecule has 0 saturated carbocycles. The van der Waals surface area contributed by atoms with Gasteiger partial charge in [0.2, 0.25) is 5.91 Å². The number of aliphatic hydroxyl groups excluding tert-OH is 1. The van der Waals surface area contributed by atoms with Crippen LogP contribution >= 0.6 is 0 Å². The van der Waals surface area contributed by atoms with E-state index < -0.39 is 12.5 Å². The number of amides is 1. The van der Waals surface area contributed by atoms with Crippen molar-refractivity contribution in [2.45, 2.75) is 25.4 Å². The van der Waals surface area contributed by atoms with E-state index in [2.05, 4.69) is 46.7 Å². The van der Waals surface area contributed by atoms with Crippen LogP contribution in [0.4, 0.5) is 11.4 Å². The number of benzene rings is 2. The predicted octanol–water partition coefficient (Wildman–Crippen LogP) is 2.86. The van der Waals surface area contributed by atoms with Gasteiger partial charge >= 0.3 is 0 Å². The van der Waals surface area contributed by atoms with Crippen molar-refractivity contribution < 1.29 is 9.90 Å². The second-order valence-electron chi connectivity index (χ2n) is 6.50. The lowest BCUT2D eigenvalue weighted by Crippen LogP contribution is -2.28. The second kappa shape index (κ2) is 8.14. The van der Waals surface area contributed by atoms with Gasteiger partial charge in [0.1, 0.15) is 6.61 Å². The summed E-state index contributed by atoms with van der Waals surface area (Å²) in [6, 6.07) is 19.0. The van der Waals surface area contributed by atoms with Crippen LogP contribution < -0.4 is 10.6 Å². The number of nitrogens with one attached hydrogen (secondary N) is 2. The Bertz CT molecular complexity index is 705. The quantitative estimate of drug-likeness (QED) is 0.757. The molecular formula is C20H25N3O2. The predicted molar refractivity (Wildman–Crippen MR) is 101 cm³/mol. The summed E-state index contributed by atoms with van der Waals surface area (Å²) in [5.74, 6) is -0.402. The summed E-state index contributed by atoms with van der Waals surface area (Å²) in [4.78, 5) is 13.8. The molecule has 25 heavy (non-hydrogen) atoms. The van der Waals surface area contributed by atoms with Crippen LogP contribution in [-0.4, -0.2) is 41.7 Å². The monoisotopic (exact) mass is 339 g/mol. The molecule has 2 unspecified atom stereocenters. The van der Waals surface area contributed by atoms with Crippen molar-refractivity contribution in [1.29, 1.82) is 0 Å². The standard InChI is InChI=1S/C20H25N3O2/c1-15(16-6-3-2-4-7-16)23-11-10-19(13-23)21-17-8-5-9-18(12-17)22-20(25)14-24/h2-9,12,15,19,21,24H,10-11,13-14H2,1H3,(H,22,25). The Balaban J connectivity index is 1.58. The Kier molecular flexibility index (Phi) is 5.68. The van der Waals surface area contributed by atoms with Crippen LogP contribution in [0.5, 0.6) is 0 Å². The summed E-state index contributed by atoms with van der Waals surface area (Å²) in [5.41, 5.74) is 3.02. The van der Waals surface area contributed by atoms with E-state index in [4.69, 9.17) is 5.11 Å². The van der Waals surface area contributed by atoms with Gasteiger partial charge in [-0.2, -0.15) is 0 Å². The van der Waals surface area contributed by atoms with Gasteiger partial charge in [-0.1, -0.05) is 36.4 Å². The summed E-state index contributed by atoms with van der Waals surface area (Å²) in [7, 11) is 0. The third-order valence-electron chi connectivity index (χ3n) is 4.71. The molecule has 0 radical (unpaired) electrons. The van der Waals surface area contributed by atoms with Gasteiger partial charge in [-0.05, 0) is 37.1 Å². The lowest BCUT2D eigenvalue weighted by atomic mass is 10.1. The lowest BCUT2D eigenvalue weighted by molar-refractivity contribution is -0.118. The Labute approximate surface area is 148 Å². The molecule has 2 aromatic rings. The van der Waals surface area contributed by atoms with Crippen LogP contribution in [0.15, 0.2) is 54.6 Å². The molecule has 0 spiro atoms. The third-order valence-corrected chi connectivity index (χ3v) is 4.71. The normalized spacial score (nSPS) is 18.7. The van der Waals surface area contributed by atoms with Crippen LogP contribution in [-0.2, 0) is 4.79 Å². The zero-order chi connectivity index (χ0) is 17.6. The maximum absolute atomic E-state index is 11.3. The van der Waals surface area contributed by atoms with E-state index >= 15 is 0 Å². The molecule has 2 aromatic carbocycles. The first kappa shape index (κ1) is 17.5. The second-order valence-corrected chi connectivity index (χ2v) is 6.50. The number of hydrogen-bond donors (Lipinski definition) is 3. The van der Waals surface area contributed by atoms with Gasteiger partial charge in [0.15, 0.2) is 0 Å². The van der Waals surface area contributed by atoms with Crippen molar-refractivity contribution in [2.24, 2.45) is 0 Å². The maximum atomic E-state index is 11.3. The molecule has 1 aliphatic rings. The van der Waals surface area contributed by atoms with Crippen molar-refractivity contribution in [3.8, 4) is 0 Å². The summed E-state index contributed by atoms with van der Waals surface area (Å²) >= 11 is 0. The molecule has 0 bridgehead atoms. The highest BCUT2D eigenvalue weighted by Crippen LogP contribution is 2.26. The molecule has 5 nitrogen and oxygen atoms in total. The summed E-state index contributed by atoms with van der Waals surface area (Å²) in [6.45, 7) is 3.80. The van der Waals surface area contributed by atoms with Crippen LogP contribution in [0.1, 0.15) is 24.9 Å². The molecule has 0 aliphatic carbocycles. The van der Waals surface area contributed by atoms with Crippen LogP contribution in [0.25, 0.3) is 0 Å². The van der Waals surface area contributed by atoms with Crippen molar-refractivity contribution in [3.05, 3.63) is 60.2 Å². The number of likely N-dealkylation sites (tertiary alicyclic amines) is 1. The van der Waals surface area contributed by atoms with E-state index in [0.29, 0.717) is 17.8 Å². The number of anilines is 2. The molecule has 0 aromatic heterocycles. The molecule has 3 N–H and O–H groups in total. The minimum absolute atomic E-state index is 0.384. The zero-order valence-corrected chi connectivity index (χ0v) is 14.5. The summed E-state index contributed by atoms with van der Waals surface area (Å²) in [6.07, 6.45) is 1.09. The van der Waals surface area contributed by atoms with Crippen molar-refractivity contribution >= 4 is 17.3 Å². The molecule has 2 atom stereocenters. The van der Waals surface area contributed by atoms with E-state index in [1.54, 1.807) is 0 Å². The average Bonchev–Trinajstić information content (AvgIpc) is 3.10. The Hall–Kier alpha value is -2.37. The number of nitrogens with zero attached hydrogens (tertiary/aromatic N) is 1. The maximum Gasteiger partial charge on any atom is 0.250 e. The third kappa shape index (κ3) is 4.59. The average molecular weight is 339 g/mol. The molecule has 1 fully saturated rings. The molecular weight excluding hydrogens is 314 g/mol.